The molecule has 178 valence electrons. The summed E-state index contributed by atoms with van der Waals surface area (Å²) in [6, 6.07) is 5.80. The third kappa shape index (κ3) is 3.12. The number of nitrogens with zero attached hydrogens (tertiary/aromatic N) is 3. The van der Waals surface area contributed by atoms with Gasteiger partial charge in [0.05, 0.1) is 28.1 Å². The monoisotopic (exact) mass is 470 g/mol. The van der Waals surface area contributed by atoms with Crippen LogP contribution in [0.2, 0.25) is 0 Å². The van der Waals surface area contributed by atoms with Gasteiger partial charge in [-0.15, -0.1) is 0 Å². The first-order valence-electron chi connectivity index (χ1n) is 11.6. The molecule has 0 spiro atoms. The van der Waals surface area contributed by atoms with E-state index in [0.717, 1.165) is 23.4 Å². The first kappa shape index (κ1) is 21.7. The van der Waals surface area contributed by atoms with Crippen LogP contribution in [0.15, 0.2) is 29.2 Å². The molecule has 2 atom stereocenters. The number of alkyl halides is 3. The highest BCUT2D eigenvalue weighted by atomic mass is 19.4. The van der Waals surface area contributed by atoms with Crippen molar-refractivity contribution < 1.29 is 17.9 Å². The third-order valence-electron chi connectivity index (χ3n) is 7.96. The van der Waals surface area contributed by atoms with Crippen LogP contribution in [-0.2, 0) is 10.2 Å². The van der Waals surface area contributed by atoms with Crippen LogP contribution in [0.1, 0.15) is 72.6 Å². The lowest BCUT2D eigenvalue weighted by atomic mass is 9.33. The van der Waals surface area contributed by atoms with Crippen molar-refractivity contribution in [3.05, 3.63) is 63.2 Å². The molecule has 0 unspecified atom stereocenters. The summed E-state index contributed by atoms with van der Waals surface area (Å²) in [6.45, 7) is 4.19. The summed E-state index contributed by atoms with van der Waals surface area (Å²) >= 11 is 0. The van der Waals surface area contributed by atoms with Crippen molar-refractivity contribution in [2.45, 2.75) is 69.6 Å². The van der Waals surface area contributed by atoms with E-state index >= 15 is 0 Å². The molecule has 9 heteroatoms. The Hall–Kier alpha value is -2.81. The quantitative estimate of drug-likeness (QED) is 0.586. The van der Waals surface area contributed by atoms with Gasteiger partial charge in [0, 0.05) is 35.5 Å². The van der Waals surface area contributed by atoms with E-state index in [1.165, 1.54) is 0 Å². The van der Waals surface area contributed by atoms with Crippen LogP contribution in [0.4, 0.5) is 13.2 Å². The number of hydrogen-bond acceptors (Lipinski definition) is 5. The van der Waals surface area contributed by atoms with E-state index in [2.05, 4.69) is 15.0 Å². The Labute approximate surface area is 194 Å². The van der Waals surface area contributed by atoms with Gasteiger partial charge in [0.15, 0.2) is 0 Å². The lowest BCUT2D eigenvalue weighted by Crippen LogP contribution is -2.70. The molecule has 1 N–H and O–H groups in total. The number of aromatic nitrogens is 4. The van der Waals surface area contributed by atoms with E-state index in [4.69, 9.17) is 9.72 Å². The molecule has 4 fully saturated rings. The molecule has 0 radical (unpaired) electrons. The SMILES string of the molecule is Cc1cc([C@H]2C[C@@H](c3cc4nc(C)[nH]c(=O)c4c(C45CC(C(F)(F)F)(C4)C5)n3)CCO2)ccn1. The van der Waals surface area contributed by atoms with E-state index in [0.29, 0.717) is 35.4 Å². The number of H-pyrrole nitrogens is 1. The second-order valence-corrected chi connectivity index (χ2v) is 10.3. The van der Waals surface area contributed by atoms with E-state index in [9.17, 15) is 18.0 Å². The number of ether oxygens (including phenoxy) is 1. The topological polar surface area (TPSA) is 80.8 Å². The summed E-state index contributed by atoms with van der Waals surface area (Å²) in [6.07, 6.45) is -1.14. The minimum absolute atomic E-state index is 0.00490. The highest BCUT2D eigenvalue weighted by Gasteiger charge is 2.79. The number of hydrogen-bond donors (Lipinski definition) is 1. The standard InChI is InChI=1S/C25H25F3N4O2/c1-13-7-16(3-5-29-13)19-8-15(4-6-34-19)17-9-18-20(22(33)31-14(2)30-18)21(32-17)23-10-24(11-23,12-23)25(26,27)28/h3,5,7,9,15,19H,4,6,8,10-12H2,1-2H3,(H,30,31,33)/t15-,19+,23?,24?/m0/s1. The maximum absolute atomic E-state index is 13.5. The molecule has 2 bridgehead atoms. The Kier molecular flexibility index (Phi) is 4.53. The average molecular weight is 470 g/mol. The number of pyridine rings is 2. The zero-order chi connectivity index (χ0) is 23.9. The Balaban J connectivity index is 1.40. The van der Waals surface area contributed by atoms with Gasteiger partial charge in [0.25, 0.3) is 5.56 Å². The van der Waals surface area contributed by atoms with E-state index < -0.39 is 17.0 Å². The van der Waals surface area contributed by atoms with Crippen LogP contribution in [0.3, 0.4) is 0 Å². The van der Waals surface area contributed by atoms with Crippen molar-refractivity contribution in [2.75, 3.05) is 6.61 Å². The van der Waals surface area contributed by atoms with Crippen LogP contribution >= 0.6 is 0 Å². The highest BCUT2D eigenvalue weighted by Crippen LogP contribution is 2.78. The van der Waals surface area contributed by atoms with Crippen LogP contribution in [0.5, 0.6) is 0 Å². The minimum atomic E-state index is -4.22. The molecular formula is C25H25F3N4O2. The van der Waals surface area contributed by atoms with Crippen molar-refractivity contribution in [3.8, 4) is 0 Å². The summed E-state index contributed by atoms with van der Waals surface area (Å²) in [4.78, 5) is 29.3. The Morgan fingerprint density at radius 1 is 1.15 bits per heavy atom. The predicted molar refractivity (Wildman–Crippen MR) is 119 cm³/mol. The largest absolute Gasteiger partial charge is 0.394 e. The van der Waals surface area contributed by atoms with E-state index in [1.807, 2.05) is 25.1 Å². The van der Waals surface area contributed by atoms with Crippen molar-refractivity contribution in [2.24, 2.45) is 5.41 Å². The summed E-state index contributed by atoms with van der Waals surface area (Å²) < 4.78 is 46.6. The first-order valence-corrected chi connectivity index (χ1v) is 11.6. The summed E-state index contributed by atoms with van der Waals surface area (Å²) in [5, 5.41) is 0.332. The molecule has 6 nitrogen and oxygen atoms in total. The van der Waals surface area contributed by atoms with Crippen LogP contribution < -0.4 is 5.56 Å². The van der Waals surface area contributed by atoms with Crippen molar-refractivity contribution in [1.82, 2.24) is 19.9 Å². The molecular weight excluding hydrogens is 445 g/mol. The lowest BCUT2D eigenvalue weighted by Gasteiger charge is -2.70. The fourth-order valence-corrected chi connectivity index (χ4v) is 6.30. The molecule has 1 saturated heterocycles. The number of halogens is 3. The summed E-state index contributed by atoms with van der Waals surface area (Å²) in [5.74, 6) is 0.530. The molecule has 3 aromatic rings. The fourth-order valence-electron chi connectivity index (χ4n) is 6.30. The van der Waals surface area contributed by atoms with Crippen LogP contribution in [-0.4, -0.2) is 32.7 Å². The van der Waals surface area contributed by atoms with Crippen LogP contribution in [0, 0.1) is 19.3 Å². The number of aromatic amines is 1. The maximum Gasteiger partial charge on any atom is 0.394 e. The number of aryl methyl sites for hydroxylation is 2. The fraction of sp³-hybridized carbons (Fsp3) is 0.520. The first-order chi connectivity index (χ1) is 16.1. The zero-order valence-electron chi connectivity index (χ0n) is 19.0. The Morgan fingerprint density at radius 3 is 2.62 bits per heavy atom. The molecule has 3 aliphatic carbocycles. The molecule has 0 aromatic carbocycles. The van der Waals surface area contributed by atoms with Crippen molar-refractivity contribution in [1.29, 1.82) is 0 Å². The molecule has 34 heavy (non-hydrogen) atoms. The van der Waals surface area contributed by atoms with Gasteiger partial charge in [-0.05, 0) is 69.7 Å². The normalized spacial score (nSPS) is 30.6. The van der Waals surface area contributed by atoms with Gasteiger partial charge in [-0.1, -0.05) is 0 Å². The van der Waals surface area contributed by atoms with Gasteiger partial charge in [-0.2, -0.15) is 13.2 Å². The second kappa shape index (κ2) is 7.10. The second-order valence-electron chi connectivity index (χ2n) is 10.3. The third-order valence-corrected chi connectivity index (χ3v) is 7.96. The van der Waals surface area contributed by atoms with Gasteiger partial charge < -0.3 is 9.72 Å². The Bertz CT molecular complexity index is 1350. The highest BCUT2D eigenvalue weighted by molar-refractivity contribution is 5.82. The van der Waals surface area contributed by atoms with Gasteiger partial charge in [0.2, 0.25) is 0 Å². The van der Waals surface area contributed by atoms with Crippen LogP contribution in [0.25, 0.3) is 10.9 Å². The zero-order valence-corrected chi connectivity index (χ0v) is 19.0. The molecule has 1 aliphatic heterocycles. The maximum atomic E-state index is 13.5. The van der Waals surface area contributed by atoms with E-state index in [1.54, 1.807) is 13.1 Å². The molecule has 3 aromatic heterocycles. The lowest BCUT2D eigenvalue weighted by molar-refractivity contribution is -0.337. The van der Waals surface area contributed by atoms with Crippen molar-refractivity contribution >= 4 is 10.9 Å². The van der Waals surface area contributed by atoms with Gasteiger partial charge >= 0.3 is 6.18 Å². The molecule has 3 saturated carbocycles. The molecule has 7 rings (SSSR count). The van der Waals surface area contributed by atoms with Gasteiger partial charge in [-0.3, -0.25) is 14.8 Å². The van der Waals surface area contributed by atoms with Gasteiger partial charge in [-0.25, -0.2) is 4.98 Å². The Morgan fingerprint density at radius 2 is 1.91 bits per heavy atom. The smallest absolute Gasteiger partial charge is 0.373 e. The minimum Gasteiger partial charge on any atom is -0.373 e. The average Bonchev–Trinajstić information content (AvgIpc) is 2.70. The van der Waals surface area contributed by atoms with Crippen molar-refractivity contribution in [3.63, 3.8) is 0 Å². The molecule has 0 amide bonds. The predicted octanol–water partition coefficient (Wildman–Crippen LogP) is 4.95. The van der Waals surface area contributed by atoms with E-state index in [-0.39, 0.29) is 36.8 Å². The number of nitrogens with one attached hydrogen (secondary N) is 1. The molecule has 4 heterocycles. The summed E-state index contributed by atoms with van der Waals surface area (Å²) in [5.41, 5.74) is 1.10. The van der Waals surface area contributed by atoms with Gasteiger partial charge in [0.1, 0.15) is 5.82 Å². The summed E-state index contributed by atoms with van der Waals surface area (Å²) in [7, 11) is 0. The molecule has 4 aliphatic rings. The number of rotatable bonds is 3. The number of fused-ring (bicyclic) bond motifs is 1.